The summed E-state index contributed by atoms with van der Waals surface area (Å²) >= 11 is 0. The molecule has 1 aliphatic heterocycles. The third-order valence-electron chi connectivity index (χ3n) is 2.99. The van der Waals surface area contributed by atoms with E-state index in [-0.39, 0.29) is 18.2 Å². The van der Waals surface area contributed by atoms with E-state index in [1.807, 2.05) is 0 Å². The van der Waals surface area contributed by atoms with Crippen LogP contribution in [0.1, 0.15) is 24.8 Å². The maximum absolute atomic E-state index is 11.5. The van der Waals surface area contributed by atoms with Gasteiger partial charge in [-0.2, -0.15) is 0 Å². The first-order valence-electron chi connectivity index (χ1n) is 5.38. The van der Waals surface area contributed by atoms with Gasteiger partial charge in [-0.1, -0.05) is 0 Å². The Morgan fingerprint density at radius 3 is 2.82 bits per heavy atom. The zero-order chi connectivity index (χ0) is 12.6. The molecule has 90 valence electrons. The number of aliphatic carboxylic acids is 1. The van der Waals surface area contributed by atoms with Gasteiger partial charge in [0.1, 0.15) is 0 Å². The Balaban J connectivity index is 2.40. The number of rotatable bonds is 2. The molecular weight excluding hydrogens is 220 g/mol. The van der Waals surface area contributed by atoms with Gasteiger partial charge in [-0.05, 0) is 23.8 Å². The molecule has 3 N–H and O–H groups in total. The van der Waals surface area contributed by atoms with E-state index in [1.54, 1.807) is 23.1 Å². The predicted molar refractivity (Wildman–Crippen MR) is 63.9 cm³/mol. The van der Waals surface area contributed by atoms with Gasteiger partial charge in [0.15, 0.2) is 0 Å². The van der Waals surface area contributed by atoms with Crippen molar-refractivity contribution in [3.05, 3.63) is 23.8 Å². The van der Waals surface area contributed by atoms with Gasteiger partial charge in [-0.15, -0.1) is 0 Å². The monoisotopic (exact) mass is 234 g/mol. The Labute approximate surface area is 98.8 Å². The number of nitrogen functional groups attached to an aromatic ring is 1. The van der Waals surface area contributed by atoms with Crippen molar-refractivity contribution in [3.8, 4) is 0 Å². The van der Waals surface area contributed by atoms with Gasteiger partial charge < -0.3 is 15.7 Å². The fourth-order valence-corrected chi connectivity index (χ4v) is 2.25. The molecule has 0 fully saturated rings. The van der Waals surface area contributed by atoms with E-state index in [2.05, 4.69) is 0 Å². The molecule has 1 heterocycles. The van der Waals surface area contributed by atoms with Crippen molar-refractivity contribution in [2.75, 3.05) is 17.2 Å². The van der Waals surface area contributed by atoms with Crippen LogP contribution in [0, 0.1) is 0 Å². The number of carboxylic acids is 1. The van der Waals surface area contributed by atoms with Gasteiger partial charge in [0.05, 0.1) is 6.42 Å². The fraction of sp³-hybridized carbons (Fsp3) is 0.333. The Morgan fingerprint density at radius 1 is 1.53 bits per heavy atom. The highest BCUT2D eigenvalue weighted by Gasteiger charge is 2.32. The van der Waals surface area contributed by atoms with Crippen LogP contribution in [0.5, 0.6) is 0 Å². The number of hydrogen-bond donors (Lipinski definition) is 2. The van der Waals surface area contributed by atoms with Crippen LogP contribution in [0.2, 0.25) is 0 Å². The van der Waals surface area contributed by atoms with Gasteiger partial charge in [-0.3, -0.25) is 9.59 Å². The van der Waals surface area contributed by atoms with Crippen molar-refractivity contribution in [1.29, 1.82) is 0 Å². The van der Waals surface area contributed by atoms with Crippen LogP contribution in [-0.4, -0.2) is 23.5 Å². The molecule has 5 nitrogen and oxygen atoms in total. The van der Waals surface area contributed by atoms with Crippen LogP contribution in [0.4, 0.5) is 11.4 Å². The van der Waals surface area contributed by atoms with Crippen molar-refractivity contribution in [1.82, 2.24) is 0 Å². The van der Waals surface area contributed by atoms with Crippen LogP contribution in [0.25, 0.3) is 0 Å². The van der Waals surface area contributed by atoms with Crippen LogP contribution in [-0.2, 0) is 9.59 Å². The Bertz CT molecular complexity index is 485. The molecule has 1 atom stereocenters. The van der Waals surface area contributed by atoms with E-state index >= 15 is 0 Å². The summed E-state index contributed by atoms with van der Waals surface area (Å²) in [5.41, 5.74) is 7.91. The van der Waals surface area contributed by atoms with Crippen molar-refractivity contribution in [3.63, 3.8) is 0 Å². The molecule has 0 saturated heterocycles. The summed E-state index contributed by atoms with van der Waals surface area (Å²) in [5, 5.41) is 8.86. The molecule has 17 heavy (non-hydrogen) atoms. The van der Waals surface area contributed by atoms with E-state index in [1.165, 1.54) is 6.92 Å². The molecule has 0 bridgehead atoms. The van der Waals surface area contributed by atoms with Crippen LogP contribution < -0.4 is 10.6 Å². The summed E-state index contributed by atoms with van der Waals surface area (Å²) in [6, 6.07) is 5.25. The molecule has 0 aromatic heterocycles. The minimum absolute atomic E-state index is 0.0141. The minimum atomic E-state index is -0.867. The topological polar surface area (TPSA) is 83.6 Å². The first kappa shape index (κ1) is 11.4. The zero-order valence-corrected chi connectivity index (χ0v) is 9.51. The maximum Gasteiger partial charge on any atom is 0.304 e. The number of fused-ring (bicyclic) bond motifs is 1. The predicted octanol–water partition coefficient (Wildman–Crippen LogP) is 1.19. The van der Waals surface area contributed by atoms with Crippen LogP contribution in [0.3, 0.4) is 0 Å². The van der Waals surface area contributed by atoms with Crippen molar-refractivity contribution < 1.29 is 14.7 Å². The smallest absolute Gasteiger partial charge is 0.304 e. The van der Waals surface area contributed by atoms with E-state index < -0.39 is 5.97 Å². The van der Waals surface area contributed by atoms with Crippen LogP contribution in [0.15, 0.2) is 18.2 Å². The fourth-order valence-electron chi connectivity index (χ4n) is 2.25. The van der Waals surface area contributed by atoms with Gasteiger partial charge >= 0.3 is 5.97 Å². The van der Waals surface area contributed by atoms with Crippen molar-refractivity contribution in [2.24, 2.45) is 0 Å². The molecule has 1 aliphatic rings. The Kier molecular flexibility index (Phi) is 2.75. The molecule has 1 unspecified atom stereocenters. The van der Waals surface area contributed by atoms with Gasteiger partial charge in [-0.25, -0.2) is 0 Å². The van der Waals surface area contributed by atoms with E-state index in [4.69, 9.17) is 10.8 Å². The van der Waals surface area contributed by atoms with Gasteiger partial charge in [0.25, 0.3) is 0 Å². The first-order valence-corrected chi connectivity index (χ1v) is 5.38. The largest absolute Gasteiger partial charge is 0.481 e. The summed E-state index contributed by atoms with van der Waals surface area (Å²) in [4.78, 5) is 23.9. The van der Waals surface area contributed by atoms with Gasteiger partial charge in [0.2, 0.25) is 5.91 Å². The summed E-state index contributed by atoms with van der Waals surface area (Å²) in [7, 11) is 0. The average molecular weight is 234 g/mol. The Morgan fingerprint density at radius 2 is 2.24 bits per heavy atom. The highest BCUT2D eigenvalue weighted by atomic mass is 16.4. The van der Waals surface area contributed by atoms with Crippen LogP contribution >= 0.6 is 0 Å². The molecule has 0 saturated carbocycles. The SMILES string of the molecule is CC(=O)N1CC(CC(=O)O)c2cc(N)ccc21. The second-order valence-corrected chi connectivity index (χ2v) is 4.24. The minimum Gasteiger partial charge on any atom is -0.481 e. The van der Waals surface area contributed by atoms with Crippen molar-refractivity contribution in [2.45, 2.75) is 19.3 Å². The maximum atomic E-state index is 11.5. The number of hydrogen-bond acceptors (Lipinski definition) is 3. The number of carbonyl (C=O) groups excluding carboxylic acids is 1. The highest BCUT2D eigenvalue weighted by molar-refractivity contribution is 5.95. The number of carbonyl (C=O) groups is 2. The third-order valence-corrected chi connectivity index (χ3v) is 2.99. The van der Waals surface area contributed by atoms with E-state index in [9.17, 15) is 9.59 Å². The summed E-state index contributed by atoms with van der Waals surface area (Å²) in [5.74, 6) is -1.12. The summed E-state index contributed by atoms with van der Waals surface area (Å²) in [6.07, 6.45) is 0.0141. The first-order chi connectivity index (χ1) is 7.99. The molecule has 0 aliphatic carbocycles. The number of nitrogens with two attached hydrogens (primary N) is 1. The number of carboxylic acid groups (broad SMARTS) is 1. The molecule has 0 spiro atoms. The zero-order valence-electron chi connectivity index (χ0n) is 9.51. The summed E-state index contributed by atoms with van der Waals surface area (Å²) in [6.45, 7) is 1.89. The number of nitrogens with zero attached hydrogens (tertiary/aromatic N) is 1. The van der Waals surface area contributed by atoms with E-state index in [0.29, 0.717) is 12.2 Å². The van der Waals surface area contributed by atoms with E-state index in [0.717, 1.165) is 11.3 Å². The quantitative estimate of drug-likeness (QED) is 0.753. The molecule has 1 aromatic carbocycles. The lowest BCUT2D eigenvalue weighted by Gasteiger charge is -2.14. The number of amides is 1. The Hall–Kier alpha value is -2.04. The lowest BCUT2D eigenvalue weighted by Crippen LogP contribution is -2.27. The number of anilines is 2. The second-order valence-electron chi connectivity index (χ2n) is 4.24. The lowest BCUT2D eigenvalue weighted by molar-refractivity contribution is -0.137. The molecule has 1 amide bonds. The summed E-state index contributed by atoms with van der Waals surface area (Å²) < 4.78 is 0. The van der Waals surface area contributed by atoms with Gasteiger partial charge in [0, 0.05) is 30.8 Å². The molecule has 5 heteroatoms. The normalized spacial score (nSPS) is 17.9. The number of benzene rings is 1. The average Bonchev–Trinajstić information content (AvgIpc) is 2.56. The molecule has 2 rings (SSSR count). The molecule has 1 aromatic rings. The highest BCUT2D eigenvalue weighted by Crippen LogP contribution is 2.39. The molecular formula is C12H14N2O3. The second kappa shape index (κ2) is 4.08. The molecule has 0 radical (unpaired) electrons. The lowest BCUT2D eigenvalue weighted by atomic mass is 9.98. The standard InChI is InChI=1S/C12H14N2O3/c1-7(15)14-6-8(4-12(16)17)10-5-9(13)2-3-11(10)14/h2-3,5,8H,4,6,13H2,1H3,(H,16,17). The third kappa shape index (κ3) is 2.08. The van der Waals surface area contributed by atoms with Crippen molar-refractivity contribution >= 4 is 23.3 Å².